The van der Waals surface area contributed by atoms with Gasteiger partial charge in [-0.3, -0.25) is 0 Å². The van der Waals surface area contributed by atoms with Gasteiger partial charge in [0.25, 0.3) is 0 Å². The van der Waals surface area contributed by atoms with Gasteiger partial charge in [0.05, 0.1) is 0 Å². The minimum atomic E-state index is -0.224. The molecule has 0 heterocycles. The van der Waals surface area contributed by atoms with Crippen LogP contribution in [0.15, 0.2) is 285 Å². The molecule has 12 aromatic carbocycles. The van der Waals surface area contributed by atoms with E-state index in [9.17, 15) is 0 Å². The zero-order chi connectivity index (χ0) is 55.0. The maximum absolute atomic E-state index is 4.25. The number of hydrogen-bond acceptors (Lipinski definition) is 2. The number of hydrogen-bond donors (Lipinski definition) is 0. The molecule has 2 nitrogen and oxygen atoms in total. The summed E-state index contributed by atoms with van der Waals surface area (Å²) < 4.78 is 0. The lowest BCUT2D eigenvalue weighted by Crippen LogP contribution is -2.17. The molecular formula is C79H62N2. The Bertz CT molecular complexity index is 4450. The van der Waals surface area contributed by atoms with E-state index in [1.807, 2.05) is 6.08 Å². The Hall–Kier alpha value is -9.76. The van der Waals surface area contributed by atoms with Crippen LogP contribution in [0.2, 0.25) is 0 Å². The Kier molecular flexibility index (Phi) is 12.0. The fourth-order valence-electron chi connectivity index (χ4n) is 13.5. The lowest BCUT2D eigenvalue weighted by atomic mass is 9.78. The lowest BCUT2D eigenvalue weighted by Gasteiger charge is -2.29. The maximum Gasteiger partial charge on any atom is 0.0468 e. The highest BCUT2D eigenvalue weighted by Gasteiger charge is 2.39. The van der Waals surface area contributed by atoms with Crippen molar-refractivity contribution in [2.75, 3.05) is 9.80 Å². The number of allylic oxidation sites excluding steroid dienone is 5. The molecule has 0 fully saturated rings. The summed E-state index contributed by atoms with van der Waals surface area (Å²) in [4.78, 5) is 4.81. The van der Waals surface area contributed by atoms with Gasteiger partial charge in [-0.1, -0.05) is 234 Å². The van der Waals surface area contributed by atoms with E-state index < -0.39 is 0 Å². The summed E-state index contributed by atoms with van der Waals surface area (Å²) >= 11 is 0. The fraction of sp³-hybridized carbons (Fsp3) is 0.0886. The summed E-state index contributed by atoms with van der Waals surface area (Å²) in [6, 6.07) is 94.2. The number of benzene rings is 12. The van der Waals surface area contributed by atoms with E-state index in [4.69, 9.17) is 0 Å². The van der Waals surface area contributed by atoms with Crippen LogP contribution in [-0.4, -0.2) is 0 Å². The highest BCUT2D eigenvalue weighted by atomic mass is 15.1. The molecule has 0 aliphatic heterocycles. The molecule has 0 saturated carbocycles. The molecule has 0 atom stereocenters. The van der Waals surface area contributed by atoms with E-state index >= 15 is 0 Å². The van der Waals surface area contributed by atoms with E-state index in [1.54, 1.807) is 0 Å². The standard InChI is InChI=1S/C79H62N2/c1-7-19-73-64(8-2)68-46-44-63(51-75(68)78(73,3)4)81(60-38-30-55(31-39-60)53-22-13-10-14-23-53)61-42-34-57(35-43-61)56-32-40-59(41-33-56)80(58-36-28-54(29-37-58)52-20-11-9-12-21-52)62-45-49-74-72(50-62)71-48-47-70-67-26-16-15-24-65(67)66-25-17-18-27-69(66)76(70)77(71)79(74,5)6/h7-51H,2H2,1,3-6H3/b19-7-. The van der Waals surface area contributed by atoms with Crippen LogP contribution >= 0.6 is 0 Å². The Morgan fingerprint density at radius 1 is 0.333 bits per heavy atom. The molecular weight excluding hydrogens is 977 g/mol. The molecule has 0 bridgehead atoms. The minimum Gasteiger partial charge on any atom is -0.310 e. The highest BCUT2D eigenvalue weighted by molar-refractivity contribution is 6.27. The third-order valence-corrected chi connectivity index (χ3v) is 17.5. The van der Waals surface area contributed by atoms with Crippen molar-refractivity contribution in [2.24, 2.45) is 0 Å². The van der Waals surface area contributed by atoms with E-state index in [0.717, 1.165) is 45.3 Å². The van der Waals surface area contributed by atoms with Gasteiger partial charge in [-0.25, -0.2) is 0 Å². The third-order valence-electron chi connectivity index (χ3n) is 17.5. The van der Waals surface area contributed by atoms with Crippen molar-refractivity contribution in [3.63, 3.8) is 0 Å². The van der Waals surface area contributed by atoms with Gasteiger partial charge >= 0.3 is 0 Å². The lowest BCUT2D eigenvalue weighted by molar-refractivity contribution is 0.654. The largest absolute Gasteiger partial charge is 0.310 e. The molecule has 0 spiro atoms. The number of anilines is 6. The summed E-state index contributed by atoms with van der Waals surface area (Å²) in [6.45, 7) is 15.8. The molecule has 0 amide bonds. The molecule has 2 aliphatic rings. The molecule has 0 aromatic heterocycles. The summed E-state index contributed by atoms with van der Waals surface area (Å²) in [5.74, 6) is 0. The van der Waals surface area contributed by atoms with Crippen LogP contribution in [0.1, 0.15) is 56.9 Å². The van der Waals surface area contributed by atoms with Gasteiger partial charge in [-0.05, 0) is 190 Å². The normalized spacial score (nSPS) is 13.9. The van der Waals surface area contributed by atoms with Crippen LogP contribution < -0.4 is 9.80 Å². The van der Waals surface area contributed by atoms with Gasteiger partial charge in [-0.15, -0.1) is 0 Å². The average molecular weight is 1040 g/mol. The van der Waals surface area contributed by atoms with Gasteiger partial charge in [0, 0.05) is 45.0 Å². The van der Waals surface area contributed by atoms with Crippen molar-refractivity contribution in [1.82, 2.24) is 0 Å². The van der Waals surface area contributed by atoms with Crippen LogP contribution in [0.5, 0.6) is 0 Å². The summed E-state index contributed by atoms with van der Waals surface area (Å²) in [5.41, 5.74) is 23.7. The Morgan fingerprint density at radius 3 is 1.19 bits per heavy atom. The van der Waals surface area contributed by atoms with Crippen LogP contribution in [0.3, 0.4) is 0 Å². The van der Waals surface area contributed by atoms with Crippen molar-refractivity contribution in [1.29, 1.82) is 0 Å². The summed E-state index contributed by atoms with van der Waals surface area (Å²) in [7, 11) is 0. The predicted molar refractivity (Wildman–Crippen MR) is 347 cm³/mol. The Labute approximate surface area is 476 Å². The van der Waals surface area contributed by atoms with E-state index in [1.165, 1.54) is 99.1 Å². The molecule has 0 saturated heterocycles. The van der Waals surface area contributed by atoms with Crippen molar-refractivity contribution in [2.45, 2.75) is 45.4 Å². The van der Waals surface area contributed by atoms with Crippen LogP contribution in [0.4, 0.5) is 34.1 Å². The first-order chi connectivity index (χ1) is 39.6. The number of nitrogens with zero attached hydrogens (tertiary/aromatic N) is 2. The highest BCUT2D eigenvalue weighted by Crippen LogP contribution is 2.55. The molecule has 81 heavy (non-hydrogen) atoms. The van der Waals surface area contributed by atoms with E-state index in [-0.39, 0.29) is 10.8 Å². The van der Waals surface area contributed by atoms with Crippen LogP contribution in [0.25, 0.3) is 82.4 Å². The van der Waals surface area contributed by atoms with Gasteiger partial charge < -0.3 is 9.80 Å². The molecule has 2 heteroatoms. The number of rotatable bonds is 11. The monoisotopic (exact) mass is 1040 g/mol. The molecule has 2 aliphatic carbocycles. The first kappa shape index (κ1) is 49.5. The van der Waals surface area contributed by atoms with Crippen LogP contribution in [0, 0.1) is 0 Å². The molecule has 0 N–H and O–H groups in total. The SMILES string of the molecule is C=CC1=C(/C=C\C)C(C)(C)c2cc(N(c3ccc(-c4ccccc4)cc3)c3ccc(-c4ccc(N(c5ccc(-c6ccccc6)cc5)c5ccc6c(c5)-c5ccc7c8ccccc8c8ccccc8c7c5C6(C)C)cc4)cc3)ccc21. The predicted octanol–water partition coefficient (Wildman–Crippen LogP) is 22.2. The summed E-state index contributed by atoms with van der Waals surface area (Å²) in [6.07, 6.45) is 6.41. The van der Waals surface area contributed by atoms with Crippen molar-refractivity contribution < 1.29 is 0 Å². The van der Waals surface area contributed by atoms with Gasteiger partial charge in [0.1, 0.15) is 0 Å². The van der Waals surface area contributed by atoms with Crippen molar-refractivity contribution >= 4 is 72.0 Å². The second kappa shape index (κ2) is 19.6. The fourth-order valence-corrected chi connectivity index (χ4v) is 13.5. The second-order valence-corrected chi connectivity index (χ2v) is 22.8. The van der Waals surface area contributed by atoms with Gasteiger partial charge in [0.15, 0.2) is 0 Å². The zero-order valence-corrected chi connectivity index (χ0v) is 46.6. The Balaban J connectivity index is 0.844. The van der Waals surface area contributed by atoms with Crippen molar-refractivity contribution in [3.05, 3.63) is 307 Å². The third kappa shape index (κ3) is 8.16. The smallest absolute Gasteiger partial charge is 0.0468 e. The topological polar surface area (TPSA) is 6.48 Å². The van der Waals surface area contributed by atoms with Gasteiger partial charge in [0.2, 0.25) is 0 Å². The number of fused-ring (bicyclic) bond motifs is 11. The first-order valence-electron chi connectivity index (χ1n) is 28.4. The molecule has 12 aromatic rings. The van der Waals surface area contributed by atoms with Gasteiger partial charge in [-0.2, -0.15) is 0 Å². The van der Waals surface area contributed by atoms with Crippen molar-refractivity contribution in [3.8, 4) is 44.5 Å². The zero-order valence-electron chi connectivity index (χ0n) is 46.6. The minimum absolute atomic E-state index is 0.189. The Morgan fingerprint density at radius 2 is 0.716 bits per heavy atom. The maximum atomic E-state index is 4.25. The molecule has 14 rings (SSSR count). The molecule has 388 valence electrons. The summed E-state index contributed by atoms with van der Waals surface area (Å²) in [5, 5.41) is 7.89. The quantitative estimate of drug-likeness (QED) is 0.119. The van der Waals surface area contributed by atoms with E-state index in [2.05, 4.69) is 318 Å². The van der Waals surface area contributed by atoms with E-state index in [0.29, 0.717) is 0 Å². The van der Waals surface area contributed by atoms with Crippen LogP contribution in [-0.2, 0) is 10.8 Å². The molecule has 0 unspecified atom stereocenters. The average Bonchev–Trinajstić information content (AvgIpc) is 4.01. The molecule has 0 radical (unpaired) electrons. The first-order valence-corrected chi connectivity index (χ1v) is 28.4. The second-order valence-electron chi connectivity index (χ2n) is 22.8.